The number of hydrogen-bond donors (Lipinski definition) is 1. The molecule has 6 heteroatoms. The molecular formula is C13H13BrN2O2S. The van der Waals surface area contributed by atoms with Crippen LogP contribution in [-0.2, 0) is 11.3 Å². The average molecular weight is 341 g/mol. The molecule has 1 N–H and O–H groups in total. The number of carbonyl (C=O) groups is 1. The van der Waals surface area contributed by atoms with E-state index in [4.69, 9.17) is 0 Å². The summed E-state index contributed by atoms with van der Waals surface area (Å²) in [4.78, 5) is 15.5. The number of benzene rings is 1. The molecule has 0 saturated heterocycles. The van der Waals surface area contributed by atoms with Crippen LogP contribution < -0.4 is 4.80 Å². The molecule has 4 nitrogen and oxygen atoms in total. The van der Waals surface area contributed by atoms with Crippen LogP contribution in [0.5, 0.6) is 0 Å². The van der Waals surface area contributed by atoms with E-state index in [0.29, 0.717) is 11.3 Å². The minimum Gasteiger partial charge on any atom is -0.387 e. The van der Waals surface area contributed by atoms with Crippen LogP contribution in [0.2, 0.25) is 0 Å². The zero-order valence-electron chi connectivity index (χ0n) is 10.3. The Hall–Kier alpha value is -1.24. The molecule has 0 aliphatic heterocycles. The molecule has 19 heavy (non-hydrogen) atoms. The molecule has 0 fully saturated rings. The van der Waals surface area contributed by atoms with E-state index in [2.05, 4.69) is 20.9 Å². The van der Waals surface area contributed by atoms with Crippen molar-refractivity contribution in [2.24, 2.45) is 4.99 Å². The number of nitrogens with zero attached hydrogens (tertiary/aromatic N) is 2. The van der Waals surface area contributed by atoms with E-state index >= 15 is 0 Å². The molecule has 0 radical (unpaired) electrons. The highest BCUT2D eigenvalue weighted by Crippen LogP contribution is 2.18. The van der Waals surface area contributed by atoms with Crippen molar-refractivity contribution in [1.29, 1.82) is 0 Å². The number of halogens is 1. The molecular weight excluding hydrogens is 328 g/mol. The summed E-state index contributed by atoms with van der Waals surface area (Å²) in [5, 5.41) is 12.0. The third-order valence-corrected chi connectivity index (χ3v) is 3.86. The predicted octanol–water partition coefficient (Wildman–Crippen LogP) is 2.49. The van der Waals surface area contributed by atoms with Crippen LogP contribution in [-0.4, -0.2) is 15.6 Å². The third-order valence-electron chi connectivity index (χ3n) is 2.54. The first-order chi connectivity index (χ1) is 9.06. The van der Waals surface area contributed by atoms with Gasteiger partial charge in [0.15, 0.2) is 4.80 Å². The van der Waals surface area contributed by atoms with Gasteiger partial charge in [0.25, 0.3) is 0 Å². The SMILES string of the molecule is CC(=O)N=c1sccn1C[C@H](O)c1ccc(Br)cc1. The first-order valence-corrected chi connectivity index (χ1v) is 7.36. The van der Waals surface area contributed by atoms with Gasteiger partial charge in [0.2, 0.25) is 5.91 Å². The van der Waals surface area contributed by atoms with Gasteiger partial charge in [-0.2, -0.15) is 4.99 Å². The largest absolute Gasteiger partial charge is 0.387 e. The van der Waals surface area contributed by atoms with Crippen molar-refractivity contribution in [3.8, 4) is 0 Å². The van der Waals surface area contributed by atoms with Gasteiger partial charge in [0.1, 0.15) is 0 Å². The molecule has 2 rings (SSSR count). The number of aliphatic hydroxyl groups is 1. The smallest absolute Gasteiger partial charge is 0.245 e. The third kappa shape index (κ3) is 3.86. The van der Waals surface area contributed by atoms with Gasteiger partial charge in [0, 0.05) is 23.0 Å². The lowest BCUT2D eigenvalue weighted by molar-refractivity contribution is -0.116. The Morgan fingerprint density at radius 3 is 2.79 bits per heavy atom. The summed E-state index contributed by atoms with van der Waals surface area (Å²) < 4.78 is 2.75. The van der Waals surface area contributed by atoms with Crippen LogP contribution in [0.3, 0.4) is 0 Å². The average Bonchev–Trinajstić information content (AvgIpc) is 2.76. The van der Waals surface area contributed by atoms with Crippen molar-refractivity contribution in [3.63, 3.8) is 0 Å². The Labute approximate surface area is 123 Å². The summed E-state index contributed by atoms with van der Waals surface area (Å²) in [5.41, 5.74) is 0.829. The maximum atomic E-state index is 11.0. The fraction of sp³-hybridized carbons (Fsp3) is 0.231. The zero-order valence-corrected chi connectivity index (χ0v) is 12.7. The fourth-order valence-corrected chi connectivity index (χ4v) is 2.68. The molecule has 0 aliphatic rings. The maximum Gasteiger partial charge on any atom is 0.245 e. The van der Waals surface area contributed by atoms with Crippen molar-refractivity contribution < 1.29 is 9.90 Å². The first-order valence-electron chi connectivity index (χ1n) is 5.69. The molecule has 0 unspecified atom stereocenters. The van der Waals surface area contributed by atoms with E-state index in [9.17, 15) is 9.90 Å². The first kappa shape index (κ1) is 14.2. The van der Waals surface area contributed by atoms with Crippen molar-refractivity contribution >= 4 is 33.2 Å². The molecule has 0 bridgehead atoms. The quantitative estimate of drug-likeness (QED) is 0.933. The monoisotopic (exact) mass is 340 g/mol. The van der Waals surface area contributed by atoms with Gasteiger partial charge < -0.3 is 9.67 Å². The highest BCUT2D eigenvalue weighted by Gasteiger charge is 2.09. The Kier molecular flexibility index (Phi) is 4.68. The molecule has 2 aromatic rings. The van der Waals surface area contributed by atoms with Crippen LogP contribution in [0.15, 0.2) is 45.3 Å². The van der Waals surface area contributed by atoms with Gasteiger partial charge in [0.05, 0.1) is 12.6 Å². The van der Waals surface area contributed by atoms with Gasteiger partial charge >= 0.3 is 0 Å². The Morgan fingerprint density at radius 1 is 1.47 bits per heavy atom. The van der Waals surface area contributed by atoms with E-state index in [1.165, 1.54) is 18.3 Å². The van der Waals surface area contributed by atoms with Crippen LogP contribution in [0.4, 0.5) is 0 Å². The second kappa shape index (κ2) is 6.27. The van der Waals surface area contributed by atoms with E-state index in [0.717, 1.165) is 10.0 Å². The Bertz CT molecular complexity index is 631. The highest BCUT2D eigenvalue weighted by molar-refractivity contribution is 9.10. The summed E-state index contributed by atoms with van der Waals surface area (Å²) >= 11 is 4.73. The number of amides is 1. The zero-order chi connectivity index (χ0) is 13.8. The number of carbonyl (C=O) groups excluding carboxylic acids is 1. The number of aromatic nitrogens is 1. The van der Waals surface area contributed by atoms with Gasteiger partial charge in [-0.3, -0.25) is 4.79 Å². The summed E-state index contributed by atoms with van der Waals surface area (Å²) in [6.45, 7) is 1.78. The predicted molar refractivity (Wildman–Crippen MR) is 77.7 cm³/mol. The maximum absolute atomic E-state index is 11.0. The lowest BCUT2D eigenvalue weighted by Crippen LogP contribution is -2.19. The van der Waals surface area contributed by atoms with Gasteiger partial charge in [-0.1, -0.05) is 28.1 Å². The van der Waals surface area contributed by atoms with Gasteiger partial charge in [-0.05, 0) is 17.7 Å². The molecule has 100 valence electrons. The van der Waals surface area contributed by atoms with Crippen molar-refractivity contribution in [2.45, 2.75) is 19.6 Å². The van der Waals surface area contributed by atoms with E-state index in [-0.39, 0.29) is 5.91 Å². The summed E-state index contributed by atoms with van der Waals surface area (Å²) in [6.07, 6.45) is 1.18. The molecule has 1 atom stereocenters. The minimum absolute atomic E-state index is 0.241. The lowest BCUT2D eigenvalue weighted by atomic mass is 10.1. The van der Waals surface area contributed by atoms with Crippen molar-refractivity contribution in [1.82, 2.24) is 4.57 Å². The normalized spacial score (nSPS) is 13.5. The molecule has 0 saturated carbocycles. The lowest BCUT2D eigenvalue weighted by Gasteiger charge is -2.11. The molecule has 0 spiro atoms. The summed E-state index contributed by atoms with van der Waals surface area (Å²) in [5.74, 6) is -0.241. The second-order valence-electron chi connectivity index (χ2n) is 4.04. The van der Waals surface area contributed by atoms with Gasteiger partial charge in [-0.25, -0.2) is 0 Å². The van der Waals surface area contributed by atoms with E-state index < -0.39 is 6.10 Å². The minimum atomic E-state index is -0.631. The van der Waals surface area contributed by atoms with Crippen LogP contribution in [0, 0.1) is 0 Å². The van der Waals surface area contributed by atoms with Crippen molar-refractivity contribution in [3.05, 3.63) is 50.7 Å². The molecule has 1 amide bonds. The summed E-state index contributed by atoms with van der Waals surface area (Å²) in [7, 11) is 0. The Balaban J connectivity index is 2.20. The van der Waals surface area contributed by atoms with Crippen LogP contribution in [0.25, 0.3) is 0 Å². The number of rotatable bonds is 3. The Morgan fingerprint density at radius 2 is 2.16 bits per heavy atom. The van der Waals surface area contributed by atoms with Crippen molar-refractivity contribution in [2.75, 3.05) is 0 Å². The summed E-state index contributed by atoms with van der Waals surface area (Å²) in [6, 6.07) is 7.50. The fourth-order valence-electron chi connectivity index (χ4n) is 1.64. The molecule has 1 aromatic heterocycles. The second-order valence-corrected chi connectivity index (χ2v) is 5.82. The van der Waals surface area contributed by atoms with E-state index in [1.54, 1.807) is 4.57 Å². The number of aliphatic hydroxyl groups excluding tert-OH is 1. The molecule has 1 aromatic carbocycles. The van der Waals surface area contributed by atoms with Crippen LogP contribution in [0.1, 0.15) is 18.6 Å². The number of hydrogen-bond acceptors (Lipinski definition) is 3. The van der Waals surface area contributed by atoms with E-state index in [1.807, 2.05) is 35.8 Å². The van der Waals surface area contributed by atoms with Gasteiger partial charge in [-0.15, -0.1) is 11.3 Å². The number of thiazole rings is 1. The molecule has 0 aliphatic carbocycles. The molecule has 1 heterocycles. The van der Waals surface area contributed by atoms with Crippen LogP contribution >= 0.6 is 27.3 Å². The topological polar surface area (TPSA) is 54.6 Å². The standard InChI is InChI=1S/C13H13BrN2O2S/c1-9(17)15-13-16(6-7-19-13)8-12(18)10-2-4-11(14)5-3-10/h2-7,12,18H,8H2,1H3/t12-/m0/s1. The highest BCUT2D eigenvalue weighted by atomic mass is 79.9.